The third kappa shape index (κ3) is 4.66. The Morgan fingerprint density at radius 1 is 1.18 bits per heavy atom. The Morgan fingerprint density at radius 2 is 1.91 bits per heavy atom. The standard InChI is InChI=1S/C22H20F3N5O3/c1-13(2)17-18(19(31)29(3)12-14-9-10-16(26-11-14)22(23,24)25)33-21-27-20(28-30(17)21)32-15-7-5-4-6-8-15/h4-11,13H,12H2,1-3H3. The Kier molecular flexibility index (Phi) is 5.79. The van der Waals surface area contributed by atoms with Crippen LogP contribution < -0.4 is 4.74 Å². The molecule has 1 aromatic carbocycles. The number of benzene rings is 1. The zero-order valence-electron chi connectivity index (χ0n) is 18.0. The van der Waals surface area contributed by atoms with Crippen LogP contribution in [0.3, 0.4) is 0 Å². The van der Waals surface area contributed by atoms with Crippen molar-refractivity contribution in [3.63, 3.8) is 0 Å². The van der Waals surface area contributed by atoms with Gasteiger partial charge in [-0.3, -0.25) is 9.78 Å². The van der Waals surface area contributed by atoms with E-state index < -0.39 is 17.8 Å². The van der Waals surface area contributed by atoms with Gasteiger partial charge >= 0.3 is 18.0 Å². The summed E-state index contributed by atoms with van der Waals surface area (Å²) in [6.07, 6.45) is -3.43. The molecule has 0 bridgehead atoms. The minimum absolute atomic E-state index is 0.0420. The van der Waals surface area contributed by atoms with Gasteiger partial charge in [0.25, 0.3) is 5.91 Å². The maximum absolute atomic E-state index is 13.1. The van der Waals surface area contributed by atoms with Crippen LogP contribution in [-0.4, -0.2) is 37.4 Å². The van der Waals surface area contributed by atoms with Gasteiger partial charge in [0.2, 0.25) is 5.76 Å². The van der Waals surface area contributed by atoms with Gasteiger partial charge in [0.1, 0.15) is 11.4 Å². The zero-order valence-corrected chi connectivity index (χ0v) is 18.0. The van der Waals surface area contributed by atoms with Gasteiger partial charge in [0.15, 0.2) is 0 Å². The van der Waals surface area contributed by atoms with E-state index in [1.54, 1.807) is 12.1 Å². The van der Waals surface area contributed by atoms with E-state index in [0.717, 1.165) is 12.3 Å². The molecule has 4 rings (SSSR count). The molecule has 3 heterocycles. The van der Waals surface area contributed by atoms with Crippen molar-refractivity contribution in [2.45, 2.75) is 32.5 Å². The minimum Gasteiger partial charge on any atom is -0.423 e. The number of halogens is 3. The Balaban J connectivity index is 1.56. The third-order valence-corrected chi connectivity index (χ3v) is 4.79. The number of carbonyl (C=O) groups excluding carboxylic acids is 1. The van der Waals surface area contributed by atoms with Gasteiger partial charge in [-0.15, -0.1) is 10.1 Å². The second kappa shape index (κ2) is 8.57. The van der Waals surface area contributed by atoms with Crippen molar-refractivity contribution < 1.29 is 27.1 Å². The van der Waals surface area contributed by atoms with Crippen LogP contribution in [0, 0.1) is 0 Å². The predicted octanol–water partition coefficient (Wildman–Crippen LogP) is 4.92. The molecule has 0 saturated heterocycles. The van der Waals surface area contributed by atoms with E-state index in [2.05, 4.69) is 15.1 Å². The Morgan fingerprint density at radius 3 is 2.52 bits per heavy atom. The lowest BCUT2D eigenvalue weighted by molar-refractivity contribution is -0.141. The van der Waals surface area contributed by atoms with E-state index in [4.69, 9.17) is 9.15 Å². The van der Waals surface area contributed by atoms with Crippen molar-refractivity contribution in [1.29, 1.82) is 0 Å². The van der Waals surface area contributed by atoms with Gasteiger partial charge in [0.05, 0.1) is 5.69 Å². The molecule has 0 radical (unpaired) electrons. The second-order valence-corrected chi connectivity index (χ2v) is 7.69. The first-order valence-electron chi connectivity index (χ1n) is 10.0. The molecule has 0 aliphatic rings. The minimum atomic E-state index is -4.52. The van der Waals surface area contributed by atoms with Crippen LogP contribution in [0.4, 0.5) is 13.2 Å². The number of pyridine rings is 1. The molecule has 0 fully saturated rings. The zero-order chi connectivity index (χ0) is 23.8. The van der Waals surface area contributed by atoms with E-state index in [1.165, 1.54) is 22.5 Å². The van der Waals surface area contributed by atoms with Gasteiger partial charge in [-0.05, 0) is 29.7 Å². The van der Waals surface area contributed by atoms with Crippen molar-refractivity contribution in [2.75, 3.05) is 7.05 Å². The van der Waals surface area contributed by atoms with E-state index in [0.29, 0.717) is 17.0 Å². The van der Waals surface area contributed by atoms with Crippen molar-refractivity contribution in [3.8, 4) is 11.8 Å². The number of amides is 1. The summed E-state index contributed by atoms with van der Waals surface area (Å²) in [5.74, 6) is 0.0956. The van der Waals surface area contributed by atoms with Gasteiger partial charge < -0.3 is 14.1 Å². The van der Waals surface area contributed by atoms with Gasteiger partial charge in [0, 0.05) is 19.8 Å². The third-order valence-electron chi connectivity index (χ3n) is 4.79. The van der Waals surface area contributed by atoms with E-state index in [9.17, 15) is 18.0 Å². The lowest BCUT2D eigenvalue weighted by Crippen LogP contribution is -2.27. The number of aromatic nitrogens is 4. The quantitative estimate of drug-likeness (QED) is 0.407. The highest BCUT2D eigenvalue weighted by molar-refractivity contribution is 5.93. The predicted molar refractivity (Wildman–Crippen MR) is 111 cm³/mol. The highest BCUT2D eigenvalue weighted by atomic mass is 19.4. The number of nitrogens with zero attached hydrogens (tertiary/aromatic N) is 5. The van der Waals surface area contributed by atoms with Crippen LogP contribution in [0.5, 0.6) is 11.8 Å². The summed E-state index contributed by atoms with van der Waals surface area (Å²) in [6, 6.07) is 11.2. The maximum Gasteiger partial charge on any atom is 0.433 e. The first-order valence-corrected chi connectivity index (χ1v) is 10.0. The average molecular weight is 459 g/mol. The number of alkyl halides is 3. The first-order chi connectivity index (χ1) is 15.6. The van der Waals surface area contributed by atoms with Crippen LogP contribution >= 0.6 is 0 Å². The smallest absolute Gasteiger partial charge is 0.423 e. The molecule has 3 aromatic heterocycles. The lowest BCUT2D eigenvalue weighted by atomic mass is 10.1. The molecule has 0 aliphatic heterocycles. The van der Waals surface area contributed by atoms with Crippen LogP contribution in [0.15, 0.2) is 53.1 Å². The summed E-state index contributed by atoms with van der Waals surface area (Å²) in [5.41, 5.74) is -0.0464. The summed E-state index contributed by atoms with van der Waals surface area (Å²) < 4.78 is 50.9. The molecule has 0 atom stereocenters. The van der Waals surface area contributed by atoms with Crippen LogP contribution in [-0.2, 0) is 12.7 Å². The molecule has 0 unspecified atom stereocenters. The maximum atomic E-state index is 13.1. The molecular formula is C22H20F3N5O3. The Hall–Kier alpha value is -3.89. The van der Waals surface area contributed by atoms with Crippen molar-refractivity contribution >= 4 is 11.8 Å². The fourth-order valence-electron chi connectivity index (χ4n) is 3.24. The normalized spacial score (nSPS) is 11.8. The number of rotatable bonds is 6. The first kappa shape index (κ1) is 22.3. The Labute approximate surface area is 186 Å². The molecule has 0 aliphatic carbocycles. The number of fused-ring (bicyclic) bond motifs is 1. The fraction of sp³-hybridized carbons (Fsp3) is 0.273. The monoisotopic (exact) mass is 459 g/mol. The molecule has 0 saturated carbocycles. The number of hydrogen-bond acceptors (Lipinski definition) is 6. The number of ether oxygens (including phenoxy) is 1. The lowest BCUT2D eigenvalue weighted by Gasteiger charge is -2.17. The molecule has 1 amide bonds. The van der Waals surface area contributed by atoms with Crippen LogP contribution in [0.2, 0.25) is 0 Å². The van der Waals surface area contributed by atoms with Gasteiger partial charge in [-0.25, -0.2) is 0 Å². The SMILES string of the molecule is CC(C)c1c(C(=O)N(C)Cc2ccc(C(F)(F)F)nc2)oc2nc(Oc3ccccc3)nn12. The molecule has 0 N–H and O–H groups in total. The highest BCUT2D eigenvalue weighted by Crippen LogP contribution is 2.29. The molecule has 11 heteroatoms. The molecule has 33 heavy (non-hydrogen) atoms. The summed E-state index contributed by atoms with van der Waals surface area (Å²) in [5, 5.41) is 4.31. The molecule has 0 spiro atoms. The number of para-hydroxylation sites is 1. The largest absolute Gasteiger partial charge is 0.433 e. The van der Waals surface area contributed by atoms with E-state index in [1.807, 2.05) is 32.0 Å². The van der Waals surface area contributed by atoms with Crippen LogP contribution in [0.1, 0.15) is 47.3 Å². The molecular weight excluding hydrogens is 439 g/mol. The summed E-state index contributed by atoms with van der Waals surface area (Å²) in [4.78, 5) is 22.0. The highest BCUT2D eigenvalue weighted by Gasteiger charge is 2.32. The second-order valence-electron chi connectivity index (χ2n) is 7.69. The number of carbonyl (C=O) groups is 1. The summed E-state index contributed by atoms with van der Waals surface area (Å²) >= 11 is 0. The molecule has 172 valence electrons. The van der Waals surface area contributed by atoms with Crippen molar-refractivity contribution in [2.24, 2.45) is 0 Å². The Bertz CT molecular complexity index is 1260. The van der Waals surface area contributed by atoms with Gasteiger partial charge in [-0.1, -0.05) is 38.1 Å². The number of hydrogen-bond donors (Lipinski definition) is 0. The van der Waals surface area contributed by atoms with E-state index >= 15 is 0 Å². The molecule has 4 aromatic rings. The molecule has 8 nitrogen and oxygen atoms in total. The summed E-state index contributed by atoms with van der Waals surface area (Å²) in [7, 11) is 1.52. The fourth-order valence-corrected chi connectivity index (χ4v) is 3.24. The average Bonchev–Trinajstić information content (AvgIpc) is 3.30. The summed E-state index contributed by atoms with van der Waals surface area (Å²) in [6.45, 7) is 3.79. The van der Waals surface area contributed by atoms with Crippen LogP contribution in [0.25, 0.3) is 5.84 Å². The van der Waals surface area contributed by atoms with Crippen molar-refractivity contribution in [1.82, 2.24) is 24.5 Å². The van der Waals surface area contributed by atoms with Gasteiger partial charge in [-0.2, -0.15) is 17.7 Å². The topological polar surface area (TPSA) is 85.8 Å². The number of oxazole rings is 1. The van der Waals surface area contributed by atoms with Crippen molar-refractivity contribution in [3.05, 3.63) is 71.4 Å². The van der Waals surface area contributed by atoms with E-state index in [-0.39, 0.29) is 30.1 Å².